The summed E-state index contributed by atoms with van der Waals surface area (Å²) in [7, 11) is 0. The Hall–Kier alpha value is -2.20. The number of carbonyl (C=O) groups excluding carboxylic acids is 1. The van der Waals surface area contributed by atoms with Crippen LogP contribution in [0.1, 0.15) is 30.0 Å². The predicted octanol–water partition coefficient (Wildman–Crippen LogP) is 3.91. The van der Waals surface area contributed by atoms with Gasteiger partial charge in [0.2, 0.25) is 5.91 Å². The number of benzene rings is 2. The number of amides is 1. The number of nitrogens with zero attached hydrogens (tertiary/aromatic N) is 1. The largest absolute Gasteiger partial charge is 0.325 e. The number of halogens is 1. The van der Waals surface area contributed by atoms with Crippen LogP contribution in [0.5, 0.6) is 0 Å². The molecule has 1 atom stereocenters. The third-order valence-corrected chi connectivity index (χ3v) is 4.38. The van der Waals surface area contributed by atoms with Crippen molar-refractivity contribution in [3.63, 3.8) is 0 Å². The van der Waals surface area contributed by atoms with E-state index in [9.17, 15) is 9.18 Å². The summed E-state index contributed by atoms with van der Waals surface area (Å²) in [5.41, 5.74) is 2.99. The van der Waals surface area contributed by atoms with Crippen LogP contribution in [0.25, 0.3) is 0 Å². The maximum Gasteiger partial charge on any atom is 0.238 e. The van der Waals surface area contributed by atoms with E-state index in [0.29, 0.717) is 6.54 Å². The van der Waals surface area contributed by atoms with Crippen LogP contribution in [0.15, 0.2) is 48.5 Å². The molecule has 1 heterocycles. The van der Waals surface area contributed by atoms with E-state index in [1.165, 1.54) is 12.1 Å². The lowest BCUT2D eigenvalue weighted by molar-refractivity contribution is -0.117. The summed E-state index contributed by atoms with van der Waals surface area (Å²) in [5.74, 6) is -0.232. The van der Waals surface area contributed by atoms with E-state index in [2.05, 4.69) is 10.2 Å². The SMILES string of the molecule is Cc1ccccc1NC(=O)CN1CCC[C@H]1c1ccc(F)cc1. The van der Waals surface area contributed by atoms with Gasteiger partial charge in [-0.2, -0.15) is 0 Å². The number of hydrogen-bond acceptors (Lipinski definition) is 2. The van der Waals surface area contributed by atoms with E-state index in [0.717, 1.165) is 36.2 Å². The van der Waals surface area contributed by atoms with Crippen LogP contribution in [0.3, 0.4) is 0 Å². The van der Waals surface area contributed by atoms with Crippen LogP contribution in [-0.4, -0.2) is 23.9 Å². The second kappa shape index (κ2) is 6.92. The monoisotopic (exact) mass is 312 g/mol. The number of carbonyl (C=O) groups is 1. The first-order chi connectivity index (χ1) is 11.1. The van der Waals surface area contributed by atoms with E-state index in [4.69, 9.17) is 0 Å². The van der Waals surface area contributed by atoms with Crippen LogP contribution in [0.4, 0.5) is 10.1 Å². The van der Waals surface area contributed by atoms with Gasteiger partial charge in [0.05, 0.1) is 6.54 Å². The van der Waals surface area contributed by atoms with Crippen molar-refractivity contribution in [1.29, 1.82) is 0 Å². The van der Waals surface area contributed by atoms with E-state index in [-0.39, 0.29) is 17.8 Å². The van der Waals surface area contributed by atoms with Gasteiger partial charge in [0.25, 0.3) is 0 Å². The molecule has 23 heavy (non-hydrogen) atoms. The Morgan fingerprint density at radius 2 is 1.96 bits per heavy atom. The molecular formula is C19H21FN2O. The predicted molar refractivity (Wildman–Crippen MR) is 89.8 cm³/mol. The Labute approximate surface area is 136 Å². The lowest BCUT2D eigenvalue weighted by atomic mass is 10.0. The minimum Gasteiger partial charge on any atom is -0.325 e. The van der Waals surface area contributed by atoms with E-state index in [1.54, 1.807) is 0 Å². The standard InChI is InChI=1S/C19H21FN2O/c1-14-5-2-3-6-17(14)21-19(23)13-22-12-4-7-18(22)15-8-10-16(20)11-9-15/h2-3,5-6,8-11,18H,4,7,12-13H2,1H3,(H,21,23)/t18-/m0/s1. The van der Waals surface area contributed by atoms with Gasteiger partial charge in [-0.05, 0) is 55.6 Å². The van der Waals surface area contributed by atoms with Gasteiger partial charge in [-0.1, -0.05) is 30.3 Å². The van der Waals surface area contributed by atoms with Crippen molar-refractivity contribution in [3.8, 4) is 0 Å². The molecule has 1 saturated heterocycles. The van der Waals surface area contributed by atoms with Crippen molar-refractivity contribution in [1.82, 2.24) is 4.90 Å². The fourth-order valence-corrected chi connectivity index (χ4v) is 3.17. The van der Waals surface area contributed by atoms with Gasteiger partial charge < -0.3 is 5.32 Å². The van der Waals surface area contributed by atoms with Crippen molar-refractivity contribution in [2.45, 2.75) is 25.8 Å². The zero-order valence-electron chi connectivity index (χ0n) is 13.3. The van der Waals surface area contributed by atoms with Gasteiger partial charge in [-0.25, -0.2) is 4.39 Å². The molecule has 2 aromatic carbocycles. The summed E-state index contributed by atoms with van der Waals surface area (Å²) < 4.78 is 13.1. The second-order valence-corrected chi connectivity index (χ2v) is 6.04. The van der Waals surface area contributed by atoms with Gasteiger partial charge in [0.15, 0.2) is 0 Å². The summed E-state index contributed by atoms with van der Waals surface area (Å²) in [4.78, 5) is 14.5. The highest BCUT2D eigenvalue weighted by atomic mass is 19.1. The summed E-state index contributed by atoms with van der Waals surface area (Å²) >= 11 is 0. The normalized spacial score (nSPS) is 18.1. The highest BCUT2D eigenvalue weighted by Crippen LogP contribution is 2.31. The Morgan fingerprint density at radius 1 is 1.22 bits per heavy atom. The quantitative estimate of drug-likeness (QED) is 0.928. The highest BCUT2D eigenvalue weighted by Gasteiger charge is 2.27. The molecule has 0 bridgehead atoms. The zero-order valence-corrected chi connectivity index (χ0v) is 13.3. The number of aryl methyl sites for hydroxylation is 1. The minimum absolute atomic E-state index is 0.00619. The summed E-state index contributed by atoms with van der Waals surface area (Å²) in [6.45, 7) is 3.23. The summed E-state index contributed by atoms with van der Waals surface area (Å²) in [6, 6.07) is 14.6. The molecule has 3 rings (SSSR count). The third kappa shape index (κ3) is 3.77. The molecule has 0 unspecified atom stereocenters. The van der Waals surface area contributed by atoms with Gasteiger partial charge in [0.1, 0.15) is 5.82 Å². The van der Waals surface area contributed by atoms with E-state index >= 15 is 0 Å². The summed E-state index contributed by atoms with van der Waals surface area (Å²) in [6.07, 6.45) is 2.06. The molecule has 120 valence electrons. The molecule has 2 aromatic rings. The van der Waals surface area contributed by atoms with Crippen molar-refractivity contribution >= 4 is 11.6 Å². The molecule has 1 fully saturated rings. The molecule has 4 heteroatoms. The molecule has 1 aliphatic heterocycles. The first-order valence-corrected chi connectivity index (χ1v) is 7.98. The fourth-order valence-electron chi connectivity index (χ4n) is 3.17. The fraction of sp³-hybridized carbons (Fsp3) is 0.316. The molecule has 1 aliphatic rings. The van der Waals surface area contributed by atoms with Crippen molar-refractivity contribution < 1.29 is 9.18 Å². The van der Waals surface area contributed by atoms with Crippen molar-refractivity contribution in [3.05, 3.63) is 65.5 Å². The average Bonchev–Trinajstić information content (AvgIpc) is 2.98. The minimum atomic E-state index is -0.226. The Kier molecular flexibility index (Phi) is 4.72. The van der Waals surface area contributed by atoms with Crippen molar-refractivity contribution in [2.75, 3.05) is 18.4 Å². The zero-order chi connectivity index (χ0) is 16.2. The third-order valence-electron chi connectivity index (χ3n) is 4.38. The lowest BCUT2D eigenvalue weighted by Crippen LogP contribution is -2.33. The first-order valence-electron chi connectivity index (χ1n) is 7.98. The molecule has 0 saturated carbocycles. The smallest absolute Gasteiger partial charge is 0.238 e. The molecule has 1 amide bonds. The van der Waals surface area contributed by atoms with Crippen LogP contribution < -0.4 is 5.32 Å². The van der Waals surface area contributed by atoms with Gasteiger partial charge in [-0.15, -0.1) is 0 Å². The molecule has 3 nitrogen and oxygen atoms in total. The topological polar surface area (TPSA) is 32.3 Å². The molecular weight excluding hydrogens is 291 g/mol. The summed E-state index contributed by atoms with van der Waals surface area (Å²) in [5, 5.41) is 2.98. The van der Waals surface area contributed by atoms with Crippen LogP contribution >= 0.6 is 0 Å². The number of para-hydroxylation sites is 1. The number of nitrogens with one attached hydrogen (secondary N) is 1. The number of anilines is 1. The number of likely N-dealkylation sites (tertiary alicyclic amines) is 1. The Morgan fingerprint density at radius 3 is 2.70 bits per heavy atom. The van der Waals surface area contributed by atoms with Gasteiger partial charge in [-0.3, -0.25) is 9.69 Å². The molecule has 0 radical (unpaired) electrons. The number of hydrogen-bond donors (Lipinski definition) is 1. The van der Waals surface area contributed by atoms with Gasteiger partial charge >= 0.3 is 0 Å². The highest BCUT2D eigenvalue weighted by molar-refractivity contribution is 5.93. The maximum atomic E-state index is 13.1. The first kappa shape index (κ1) is 15.7. The maximum absolute atomic E-state index is 13.1. The number of rotatable bonds is 4. The van der Waals surface area contributed by atoms with Crippen molar-refractivity contribution in [2.24, 2.45) is 0 Å². The molecule has 1 N–H and O–H groups in total. The van der Waals surface area contributed by atoms with Crippen LogP contribution in [0.2, 0.25) is 0 Å². The average molecular weight is 312 g/mol. The molecule has 0 spiro atoms. The van der Waals surface area contributed by atoms with Crippen LogP contribution in [0, 0.1) is 12.7 Å². The Bertz CT molecular complexity index is 684. The lowest BCUT2D eigenvalue weighted by Gasteiger charge is -2.24. The van der Waals surface area contributed by atoms with Crippen LogP contribution in [-0.2, 0) is 4.79 Å². The molecule has 0 aromatic heterocycles. The molecule has 0 aliphatic carbocycles. The van der Waals surface area contributed by atoms with E-state index in [1.807, 2.05) is 43.3 Å². The second-order valence-electron chi connectivity index (χ2n) is 6.04. The van der Waals surface area contributed by atoms with E-state index < -0.39 is 0 Å². The van der Waals surface area contributed by atoms with Gasteiger partial charge in [0, 0.05) is 11.7 Å². The Balaban J connectivity index is 1.65.